The first-order valence-corrected chi connectivity index (χ1v) is 7.73. The number of imide groups is 1. The number of benzene rings is 1. The molecular formula is C17H19NO4. The summed E-state index contributed by atoms with van der Waals surface area (Å²) in [5.41, 5.74) is 0.811. The average molecular weight is 301 g/mol. The number of hydrogen-bond donors (Lipinski definition) is 1. The van der Waals surface area contributed by atoms with Gasteiger partial charge in [0.05, 0.1) is 11.8 Å². The lowest BCUT2D eigenvalue weighted by molar-refractivity contribution is -0.155. The van der Waals surface area contributed by atoms with Crippen molar-refractivity contribution in [1.29, 1.82) is 0 Å². The minimum absolute atomic E-state index is 0.160. The lowest BCUT2D eigenvalue weighted by Gasteiger charge is -2.23. The van der Waals surface area contributed by atoms with Gasteiger partial charge in [-0.05, 0) is 18.4 Å². The number of aliphatic carboxylic acids is 1. The fourth-order valence-corrected chi connectivity index (χ4v) is 3.62. The van der Waals surface area contributed by atoms with Crippen molar-refractivity contribution in [3.05, 3.63) is 35.9 Å². The fraction of sp³-hybridized carbons (Fsp3) is 0.471. The molecule has 2 aliphatic rings. The molecule has 3 atom stereocenters. The first-order valence-electron chi connectivity index (χ1n) is 7.73. The van der Waals surface area contributed by atoms with Gasteiger partial charge < -0.3 is 5.11 Å². The smallest absolute Gasteiger partial charge is 0.327 e. The summed E-state index contributed by atoms with van der Waals surface area (Å²) < 4.78 is 0. The summed E-state index contributed by atoms with van der Waals surface area (Å²) in [7, 11) is 0. The third-order valence-corrected chi connectivity index (χ3v) is 4.74. The Balaban J connectivity index is 1.86. The van der Waals surface area contributed by atoms with Crippen molar-refractivity contribution in [3.63, 3.8) is 0 Å². The second-order valence-corrected chi connectivity index (χ2v) is 6.09. The quantitative estimate of drug-likeness (QED) is 0.861. The first-order chi connectivity index (χ1) is 10.6. The van der Waals surface area contributed by atoms with Crippen LogP contribution in [0.4, 0.5) is 0 Å². The molecule has 1 aromatic rings. The SMILES string of the molecule is O=C(O)[C@H](Cc1ccccc1)N1C(=O)[C@@H]2CCCC[C@H]2C1=O. The Hall–Kier alpha value is -2.17. The Morgan fingerprint density at radius 2 is 1.64 bits per heavy atom. The molecular weight excluding hydrogens is 282 g/mol. The predicted octanol–water partition coefficient (Wildman–Crippen LogP) is 1.86. The molecule has 1 N–H and O–H groups in total. The van der Waals surface area contributed by atoms with Crippen molar-refractivity contribution >= 4 is 17.8 Å². The number of carboxylic acids is 1. The highest BCUT2D eigenvalue weighted by molar-refractivity contribution is 6.07. The number of fused-ring (bicyclic) bond motifs is 1. The monoisotopic (exact) mass is 301 g/mol. The van der Waals surface area contributed by atoms with Gasteiger partial charge in [0.25, 0.3) is 0 Å². The molecule has 1 saturated carbocycles. The minimum atomic E-state index is -1.12. The highest BCUT2D eigenvalue weighted by atomic mass is 16.4. The van der Waals surface area contributed by atoms with Gasteiger partial charge in [-0.25, -0.2) is 4.79 Å². The number of likely N-dealkylation sites (tertiary alicyclic amines) is 1. The summed E-state index contributed by atoms with van der Waals surface area (Å²) in [6.07, 6.45) is 3.43. The Kier molecular flexibility index (Phi) is 3.96. The molecule has 0 bridgehead atoms. The highest BCUT2D eigenvalue weighted by Gasteiger charge is 2.51. The number of carbonyl (C=O) groups is 3. The van der Waals surface area contributed by atoms with Crippen molar-refractivity contribution in [3.8, 4) is 0 Å². The lowest BCUT2D eigenvalue weighted by Crippen LogP contribution is -2.46. The van der Waals surface area contributed by atoms with Crippen molar-refractivity contribution < 1.29 is 19.5 Å². The van der Waals surface area contributed by atoms with E-state index in [-0.39, 0.29) is 30.1 Å². The molecule has 3 rings (SSSR count). The van der Waals surface area contributed by atoms with Gasteiger partial charge in [0.1, 0.15) is 6.04 Å². The van der Waals surface area contributed by atoms with Crippen LogP contribution in [0.25, 0.3) is 0 Å². The molecule has 0 unspecified atom stereocenters. The molecule has 2 fully saturated rings. The molecule has 22 heavy (non-hydrogen) atoms. The van der Waals surface area contributed by atoms with Crippen LogP contribution in [-0.4, -0.2) is 33.8 Å². The number of nitrogens with zero attached hydrogens (tertiary/aromatic N) is 1. The van der Waals surface area contributed by atoms with Crippen LogP contribution in [0, 0.1) is 11.8 Å². The van der Waals surface area contributed by atoms with E-state index in [0.717, 1.165) is 23.3 Å². The average Bonchev–Trinajstić information content (AvgIpc) is 2.78. The molecule has 0 aromatic heterocycles. The van der Waals surface area contributed by atoms with Crippen LogP contribution in [0.2, 0.25) is 0 Å². The summed E-state index contributed by atoms with van der Waals surface area (Å²) in [5.74, 6) is -2.32. The molecule has 116 valence electrons. The van der Waals surface area contributed by atoms with E-state index < -0.39 is 12.0 Å². The van der Waals surface area contributed by atoms with Crippen molar-refractivity contribution in [2.75, 3.05) is 0 Å². The zero-order chi connectivity index (χ0) is 15.7. The Labute approximate surface area is 128 Å². The second kappa shape index (κ2) is 5.91. The fourth-order valence-electron chi connectivity index (χ4n) is 3.62. The summed E-state index contributed by atoms with van der Waals surface area (Å²) in [5, 5.41) is 9.52. The van der Waals surface area contributed by atoms with E-state index in [1.54, 1.807) is 0 Å². The summed E-state index contributed by atoms with van der Waals surface area (Å²) in [6, 6.07) is 8.01. The molecule has 1 saturated heterocycles. The Morgan fingerprint density at radius 1 is 1.09 bits per heavy atom. The van der Waals surface area contributed by atoms with E-state index in [2.05, 4.69) is 0 Å². The Morgan fingerprint density at radius 3 is 2.14 bits per heavy atom. The van der Waals surface area contributed by atoms with Crippen LogP contribution in [0.15, 0.2) is 30.3 Å². The lowest BCUT2D eigenvalue weighted by atomic mass is 9.81. The van der Waals surface area contributed by atoms with Gasteiger partial charge >= 0.3 is 5.97 Å². The van der Waals surface area contributed by atoms with Crippen LogP contribution < -0.4 is 0 Å². The molecule has 1 aromatic carbocycles. The maximum Gasteiger partial charge on any atom is 0.327 e. The van der Waals surface area contributed by atoms with Crippen molar-refractivity contribution in [2.45, 2.75) is 38.1 Å². The zero-order valence-corrected chi connectivity index (χ0v) is 12.3. The van der Waals surface area contributed by atoms with Gasteiger partial charge in [0, 0.05) is 6.42 Å². The van der Waals surface area contributed by atoms with E-state index in [4.69, 9.17) is 0 Å². The van der Waals surface area contributed by atoms with E-state index in [1.807, 2.05) is 30.3 Å². The molecule has 1 heterocycles. The first kappa shape index (κ1) is 14.8. The van der Waals surface area contributed by atoms with Gasteiger partial charge in [-0.2, -0.15) is 0 Å². The van der Waals surface area contributed by atoms with E-state index in [0.29, 0.717) is 12.8 Å². The zero-order valence-electron chi connectivity index (χ0n) is 12.3. The van der Waals surface area contributed by atoms with E-state index in [1.165, 1.54) is 0 Å². The topological polar surface area (TPSA) is 74.7 Å². The second-order valence-electron chi connectivity index (χ2n) is 6.09. The molecule has 0 spiro atoms. The molecule has 5 nitrogen and oxygen atoms in total. The van der Waals surface area contributed by atoms with Gasteiger partial charge in [0.15, 0.2) is 0 Å². The van der Waals surface area contributed by atoms with Gasteiger partial charge in [-0.1, -0.05) is 43.2 Å². The van der Waals surface area contributed by atoms with Crippen molar-refractivity contribution in [1.82, 2.24) is 4.90 Å². The maximum atomic E-state index is 12.5. The van der Waals surface area contributed by atoms with Crippen LogP contribution in [0.5, 0.6) is 0 Å². The minimum Gasteiger partial charge on any atom is -0.480 e. The number of carboxylic acid groups (broad SMARTS) is 1. The predicted molar refractivity (Wildman–Crippen MR) is 78.9 cm³/mol. The Bertz CT molecular complexity index is 574. The highest BCUT2D eigenvalue weighted by Crippen LogP contribution is 2.39. The summed E-state index contributed by atoms with van der Waals surface area (Å²) in [4.78, 5) is 37.7. The molecule has 1 aliphatic heterocycles. The third-order valence-electron chi connectivity index (χ3n) is 4.74. The van der Waals surface area contributed by atoms with E-state index in [9.17, 15) is 19.5 Å². The largest absolute Gasteiger partial charge is 0.480 e. The maximum absolute atomic E-state index is 12.5. The normalized spacial score (nSPS) is 25.9. The van der Waals surface area contributed by atoms with E-state index >= 15 is 0 Å². The molecule has 2 amide bonds. The molecule has 0 radical (unpaired) electrons. The van der Waals surface area contributed by atoms with Crippen molar-refractivity contribution in [2.24, 2.45) is 11.8 Å². The van der Waals surface area contributed by atoms with Crippen LogP contribution in [0.3, 0.4) is 0 Å². The van der Waals surface area contributed by atoms with Gasteiger partial charge in [-0.15, -0.1) is 0 Å². The summed E-state index contributed by atoms with van der Waals surface area (Å²) >= 11 is 0. The number of amides is 2. The van der Waals surface area contributed by atoms with Gasteiger partial charge in [0.2, 0.25) is 11.8 Å². The number of carbonyl (C=O) groups excluding carboxylic acids is 2. The molecule has 1 aliphatic carbocycles. The summed E-state index contributed by atoms with van der Waals surface area (Å²) in [6.45, 7) is 0. The third kappa shape index (κ3) is 2.51. The van der Waals surface area contributed by atoms with Crippen LogP contribution in [0.1, 0.15) is 31.2 Å². The van der Waals surface area contributed by atoms with Gasteiger partial charge in [-0.3, -0.25) is 14.5 Å². The molecule has 5 heteroatoms. The van der Waals surface area contributed by atoms with Crippen LogP contribution >= 0.6 is 0 Å². The van der Waals surface area contributed by atoms with Crippen LogP contribution in [-0.2, 0) is 20.8 Å². The standard InChI is InChI=1S/C17H19NO4/c19-15-12-8-4-5-9-13(12)16(20)18(15)14(17(21)22)10-11-6-2-1-3-7-11/h1-3,6-7,12-14H,4-5,8-10H2,(H,21,22)/t12-,13-,14+/m1/s1. The number of hydrogen-bond acceptors (Lipinski definition) is 3. The number of rotatable bonds is 4.